The summed E-state index contributed by atoms with van der Waals surface area (Å²) in [7, 11) is 0. The lowest BCUT2D eigenvalue weighted by Crippen LogP contribution is -2.04. The van der Waals surface area contributed by atoms with E-state index < -0.39 is 6.10 Å². The van der Waals surface area contributed by atoms with Crippen LogP contribution in [0.1, 0.15) is 35.4 Å². The Morgan fingerprint density at radius 2 is 2.05 bits per heavy atom. The summed E-state index contributed by atoms with van der Waals surface area (Å²) in [6.45, 7) is 6.17. The molecule has 0 aliphatic carbocycles. The average molecular weight is 257 g/mol. The molecule has 19 heavy (non-hydrogen) atoms. The second-order valence-electron chi connectivity index (χ2n) is 4.77. The molecule has 1 atom stereocenters. The molecule has 0 bridgehead atoms. The highest BCUT2D eigenvalue weighted by atomic mass is 16.5. The van der Waals surface area contributed by atoms with Gasteiger partial charge in [0.1, 0.15) is 12.4 Å². The first-order chi connectivity index (χ1) is 9.08. The van der Waals surface area contributed by atoms with Gasteiger partial charge in [0.2, 0.25) is 0 Å². The molecule has 3 heteroatoms. The largest absolute Gasteiger partial charge is 0.487 e. The van der Waals surface area contributed by atoms with E-state index >= 15 is 0 Å². The van der Waals surface area contributed by atoms with Crippen molar-refractivity contribution in [2.24, 2.45) is 0 Å². The number of nitrogens with zero attached hydrogens (tertiary/aromatic N) is 1. The van der Waals surface area contributed by atoms with Gasteiger partial charge < -0.3 is 9.84 Å². The van der Waals surface area contributed by atoms with E-state index in [4.69, 9.17) is 4.74 Å². The number of ether oxygens (including phenoxy) is 1. The molecule has 2 rings (SSSR count). The van der Waals surface area contributed by atoms with Gasteiger partial charge in [0.15, 0.2) is 0 Å². The molecule has 100 valence electrons. The highest BCUT2D eigenvalue weighted by molar-refractivity contribution is 5.38. The van der Waals surface area contributed by atoms with Crippen molar-refractivity contribution in [1.29, 1.82) is 0 Å². The monoisotopic (exact) mass is 257 g/mol. The Morgan fingerprint density at radius 1 is 1.26 bits per heavy atom. The molecule has 2 aromatic rings. The smallest absolute Gasteiger partial charge is 0.130 e. The zero-order valence-electron chi connectivity index (χ0n) is 11.6. The van der Waals surface area contributed by atoms with E-state index in [9.17, 15) is 5.11 Å². The van der Waals surface area contributed by atoms with E-state index in [0.29, 0.717) is 6.61 Å². The molecule has 0 aliphatic rings. The molecule has 1 heterocycles. The maximum atomic E-state index is 9.75. The third-order valence-electron chi connectivity index (χ3n) is 3.10. The lowest BCUT2D eigenvalue weighted by molar-refractivity contribution is 0.189. The van der Waals surface area contributed by atoms with Crippen molar-refractivity contribution in [3.8, 4) is 5.75 Å². The maximum Gasteiger partial charge on any atom is 0.130 e. The number of benzene rings is 1. The Kier molecular flexibility index (Phi) is 4.17. The molecule has 0 radical (unpaired) electrons. The average Bonchev–Trinajstić information content (AvgIpc) is 2.37. The molecule has 0 amide bonds. The third kappa shape index (κ3) is 3.32. The first-order valence-corrected chi connectivity index (χ1v) is 6.40. The quantitative estimate of drug-likeness (QED) is 0.913. The fraction of sp³-hybridized carbons (Fsp3) is 0.312. The minimum atomic E-state index is -0.541. The number of aliphatic hydroxyl groups is 1. The van der Waals surface area contributed by atoms with Crippen LogP contribution in [0.3, 0.4) is 0 Å². The van der Waals surface area contributed by atoms with Gasteiger partial charge in [0.05, 0.1) is 11.8 Å². The van der Waals surface area contributed by atoms with Crippen molar-refractivity contribution in [3.63, 3.8) is 0 Å². The molecule has 3 nitrogen and oxygen atoms in total. The third-order valence-corrected chi connectivity index (χ3v) is 3.10. The van der Waals surface area contributed by atoms with Gasteiger partial charge >= 0.3 is 0 Å². The van der Waals surface area contributed by atoms with Gasteiger partial charge in [-0.15, -0.1) is 0 Å². The predicted molar refractivity (Wildman–Crippen MR) is 75.1 cm³/mol. The standard InChI is InChI=1S/C16H19NO2/c1-11-6-7-14(13(3)18)16(9-11)19-10-15-12(2)5-4-8-17-15/h4-9,13,18H,10H2,1-3H3. The number of aromatic nitrogens is 1. The van der Waals surface area contributed by atoms with Crippen LogP contribution in [0.15, 0.2) is 36.5 Å². The highest BCUT2D eigenvalue weighted by Gasteiger charge is 2.10. The number of hydrogen-bond donors (Lipinski definition) is 1. The van der Waals surface area contributed by atoms with Crippen molar-refractivity contribution >= 4 is 0 Å². The fourth-order valence-electron chi connectivity index (χ4n) is 1.93. The van der Waals surface area contributed by atoms with Crippen LogP contribution in [0.4, 0.5) is 0 Å². The van der Waals surface area contributed by atoms with Gasteiger partial charge in [0.25, 0.3) is 0 Å². The number of aliphatic hydroxyl groups excluding tert-OH is 1. The summed E-state index contributed by atoms with van der Waals surface area (Å²) in [5, 5.41) is 9.75. The molecule has 0 aliphatic heterocycles. The van der Waals surface area contributed by atoms with Crippen LogP contribution in [0.25, 0.3) is 0 Å². The van der Waals surface area contributed by atoms with Crippen LogP contribution in [-0.2, 0) is 6.61 Å². The van der Waals surface area contributed by atoms with Crippen molar-refractivity contribution in [1.82, 2.24) is 4.98 Å². The summed E-state index contributed by atoms with van der Waals surface area (Å²) in [5.41, 5.74) is 3.94. The highest BCUT2D eigenvalue weighted by Crippen LogP contribution is 2.27. The van der Waals surface area contributed by atoms with Gasteiger partial charge in [-0.2, -0.15) is 0 Å². The topological polar surface area (TPSA) is 42.4 Å². The maximum absolute atomic E-state index is 9.75. The van der Waals surface area contributed by atoms with Crippen LogP contribution < -0.4 is 4.74 Å². The van der Waals surface area contributed by atoms with Gasteiger partial charge in [-0.25, -0.2) is 0 Å². The Bertz CT molecular complexity index is 564. The molecule has 0 fully saturated rings. The second kappa shape index (κ2) is 5.85. The van der Waals surface area contributed by atoms with E-state index in [1.165, 1.54) is 0 Å². The number of rotatable bonds is 4. The first-order valence-electron chi connectivity index (χ1n) is 6.40. The van der Waals surface area contributed by atoms with Gasteiger partial charge in [-0.1, -0.05) is 18.2 Å². The Hall–Kier alpha value is -1.87. The normalized spacial score (nSPS) is 12.2. The number of aryl methyl sites for hydroxylation is 2. The van der Waals surface area contributed by atoms with Crippen LogP contribution in [-0.4, -0.2) is 10.1 Å². The molecule has 1 unspecified atom stereocenters. The summed E-state index contributed by atoms with van der Waals surface area (Å²) in [4.78, 5) is 4.30. The number of pyridine rings is 1. The molecule has 0 saturated heterocycles. The molecule has 0 saturated carbocycles. The minimum absolute atomic E-state index is 0.413. The fourth-order valence-corrected chi connectivity index (χ4v) is 1.93. The lowest BCUT2D eigenvalue weighted by Gasteiger charge is -2.14. The molecule has 1 aromatic carbocycles. The molecular weight excluding hydrogens is 238 g/mol. The first kappa shape index (κ1) is 13.6. The van der Waals surface area contributed by atoms with Crippen molar-refractivity contribution in [3.05, 3.63) is 58.9 Å². The predicted octanol–water partition coefficient (Wildman–Crippen LogP) is 3.33. The Balaban J connectivity index is 2.19. The Labute approximate surface area is 113 Å². The SMILES string of the molecule is Cc1ccc(C(C)O)c(OCc2ncccc2C)c1. The van der Waals surface area contributed by atoms with Crippen LogP contribution in [0, 0.1) is 13.8 Å². The molecule has 0 spiro atoms. The van der Waals surface area contributed by atoms with E-state index in [0.717, 1.165) is 28.1 Å². The minimum Gasteiger partial charge on any atom is -0.487 e. The lowest BCUT2D eigenvalue weighted by atomic mass is 10.1. The van der Waals surface area contributed by atoms with E-state index in [-0.39, 0.29) is 0 Å². The molecular formula is C16H19NO2. The second-order valence-corrected chi connectivity index (χ2v) is 4.77. The summed E-state index contributed by atoms with van der Waals surface area (Å²) < 4.78 is 5.82. The van der Waals surface area contributed by atoms with Crippen molar-refractivity contribution in [2.45, 2.75) is 33.5 Å². The van der Waals surface area contributed by atoms with E-state index in [1.54, 1.807) is 13.1 Å². The van der Waals surface area contributed by atoms with Gasteiger partial charge in [-0.05, 0) is 44.0 Å². The van der Waals surface area contributed by atoms with Crippen molar-refractivity contribution < 1.29 is 9.84 Å². The zero-order valence-corrected chi connectivity index (χ0v) is 11.6. The summed E-state index contributed by atoms with van der Waals surface area (Å²) >= 11 is 0. The van der Waals surface area contributed by atoms with Crippen LogP contribution in [0.5, 0.6) is 5.75 Å². The van der Waals surface area contributed by atoms with E-state index in [2.05, 4.69) is 4.98 Å². The summed E-state index contributed by atoms with van der Waals surface area (Å²) in [6.07, 6.45) is 1.22. The zero-order chi connectivity index (χ0) is 13.8. The van der Waals surface area contributed by atoms with Crippen LogP contribution >= 0.6 is 0 Å². The summed E-state index contributed by atoms with van der Waals surface area (Å²) in [5.74, 6) is 0.722. The van der Waals surface area contributed by atoms with Gasteiger partial charge in [-0.3, -0.25) is 4.98 Å². The Morgan fingerprint density at radius 3 is 2.74 bits per heavy atom. The molecule has 1 aromatic heterocycles. The van der Waals surface area contributed by atoms with Crippen molar-refractivity contribution in [2.75, 3.05) is 0 Å². The molecule has 1 N–H and O–H groups in total. The summed E-state index contributed by atoms with van der Waals surface area (Å²) in [6, 6.07) is 9.74. The van der Waals surface area contributed by atoms with Crippen LogP contribution in [0.2, 0.25) is 0 Å². The van der Waals surface area contributed by atoms with E-state index in [1.807, 2.05) is 44.2 Å². The number of hydrogen-bond acceptors (Lipinski definition) is 3. The van der Waals surface area contributed by atoms with Gasteiger partial charge in [0, 0.05) is 11.8 Å².